The monoisotopic (exact) mass is 262 g/mol. The van der Waals surface area contributed by atoms with Crippen LogP contribution in [0.3, 0.4) is 0 Å². The minimum Gasteiger partial charge on any atom is -0.481 e. The third-order valence-corrected chi connectivity index (χ3v) is 2.69. The second kappa shape index (κ2) is 7.39. The molecule has 1 amide bonds. The Bertz CT molecular complexity index is 468. The second-order valence-electron chi connectivity index (χ2n) is 4.04. The number of likely N-dealkylation sites (N-methyl/N-ethyl adjacent to an activating group) is 1. The Kier molecular flexibility index (Phi) is 5.83. The lowest BCUT2D eigenvalue weighted by atomic mass is 10.2. The van der Waals surface area contributed by atoms with Gasteiger partial charge in [-0.25, -0.2) is 0 Å². The number of hydrogen-bond donors (Lipinski definition) is 1. The number of benzene rings is 1. The first-order valence-electron chi connectivity index (χ1n) is 6.18. The number of aliphatic hydroxyl groups is 1. The lowest BCUT2D eigenvalue weighted by Crippen LogP contribution is -2.41. The number of ether oxygens (including phenoxy) is 1. The van der Waals surface area contributed by atoms with E-state index in [2.05, 4.69) is 0 Å². The molecule has 1 aromatic carbocycles. The molecule has 0 radical (unpaired) electrons. The largest absolute Gasteiger partial charge is 0.481 e. The summed E-state index contributed by atoms with van der Waals surface area (Å²) in [6, 6.07) is 8.68. The minimum atomic E-state index is -0.652. The summed E-state index contributed by atoms with van der Waals surface area (Å²) in [6.07, 6.45) is -0.652. The maximum absolute atomic E-state index is 12.0. The van der Waals surface area contributed by atoms with Crippen LogP contribution in [0.25, 0.3) is 0 Å². The predicted molar refractivity (Wildman–Crippen MR) is 70.6 cm³/mol. The smallest absolute Gasteiger partial charge is 0.263 e. The van der Waals surface area contributed by atoms with Gasteiger partial charge in [-0.05, 0) is 32.0 Å². The average molecular weight is 262 g/mol. The molecule has 0 bridgehead atoms. The van der Waals surface area contributed by atoms with Gasteiger partial charge in [0.05, 0.1) is 18.2 Å². The van der Waals surface area contributed by atoms with Crippen molar-refractivity contribution in [2.24, 2.45) is 0 Å². The molecule has 0 aliphatic heterocycles. The van der Waals surface area contributed by atoms with Crippen LogP contribution in [0.1, 0.15) is 19.4 Å². The molecule has 0 fully saturated rings. The van der Waals surface area contributed by atoms with E-state index in [1.807, 2.05) is 13.0 Å². The second-order valence-corrected chi connectivity index (χ2v) is 4.04. The molecule has 0 saturated heterocycles. The first-order valence-corrected chi connectivity index (χ1v) is 6.18. The number of nitriles is 1. The van der Waals surface area contributed by atoms with Gasteiger partial charge in [-0.2, -0.15) is 5.26 Å². The molecule has 1 rings (SSSR count). The Morgan fingerprint density at radius 1 is 1.58 bits per heavy atom. The van der Waals surface area contributed by atoms with Crippen molar-refractivity contribution in [3.05, 3.63) is 29.8 Å². The molecular weight excluding hydrogens is 244 g/mol. The Hall–Kier alpha value is -2.06. The van der Waals surface area contributed by atoms with Gasteiger partial charge in [0.2, 0.25) is 0 Å². The number of carbonyl (C=O) groups excluding carboxylic acids is 1. The van der Waals surface area contributed by atoms with Crippen LogP contribution < -0.4 is 4.74 Å². The molecule has 19 heavy (non-hydrogen) atoms. The number of rotatable bonds is 6. The molecule has 0 aromatic heterocycles. The SMILES string of the molecule is CCN(CCO)C(=O)C(C)Oc1cccc(C#N)c1. The fourth-order valence-corrected chi connectivity index (χ4v) is 1.70. The fraction of sp³-hybridized carbons (Fsp3) is 0.429. The van der Waals surface area contributed by atoms with Crippen molar-refractivity contribution in [1.29, 1.82) is 5.26 Å². The van der Waals surface area contributed by atoms with Crippen molar-refractivity contribution < 1.29 is 14.6 Å². The zero-order valence-electron chi connectivity index (χ0n) is 11.2. The van der Waals surface area contributed by atoms with Crippen LogP contribution in [0.5, 0.6) is 5.75 Å². The van der Waals surface area contributed by atoms with Crippen LogP contribution in [-0.4, -0.2) is 41.7 Å². The van der Waals surface area contributed by atoms with Crippen LogP contribution in [0, 0.1) is 11.3 Å². The highest BCUT2D eigenvalue weighted by atomic mass is 16.5. The summed E-state index contributed by atoms with van der Waals surface area (Å²) in [5, 5.41) is 17.7. The van der Waals surface area contributed by atoms with E-state index >= 15 is 0 Å². The van der Waals surface area contributed by atoms with E-state index in [4.69, 9.17) is 15.1 Å². The number of hydrogen-bond acceptors (Lipinski definition) is 4. The molecule has 5 nitrogen and oxygen atoms in total. The third-order valence-electron chi connectivity index (χ3n) is 2.69. The normalized spacial score (nSPS) is 11.5. The third kappa shape index (κ3) is 4.27. The molecule has 1 atom stereocenters. The Balaban J connectivity index is 2.70. The summed E-state index contributed by atoms with van der Waals surface area (Å²) in [5.41, 5.74) is 0.486. The molecule has 5 heteroatoms. The molecule has 0 spiro atoms. The summed E-state index contributed by atoms with van der Waals surface area (Å²) >= 11 is 0. The van der Waals surface area contributed by atoms with Gasteiger partial charge in [-0.1, -0.05) is 6.07 Å². The Labute approximate surface area is 113 Å². The van der Waals surface area contributed by atoms with Crippen LogP contribution in [0.15, 0.2) is 24.3 Å². The van der Waals surface area contributed by atoms with E-state index in [1.54, 1.807) is 31.2 Å². The van der Waals surface area contributed by atoms with Gasteiger partial charge >= 0.3 is 0 Å². The van der Waals surface area contributed by atoms with E-state index in [0.29, 0.717) is 24.4 Å². The summed E-state index contributed by atoms with van der Waals surface area (Å²) in [7, 11) is 0. The van der Waals surface area contributed by atoms with Gasteiger partial charge in [0.25, 0.3) is 5.91 Å². The molecule has 0 aliphatic carbocycles. The molecule has 0 aliphatic rings. The quantitative estimate of drug-likeness (QED) is 0.835. The van der Waals surface area contributed by atoms with Gasteiger partial charge in [-0.15, -0.1) is 0 Å². The summed E-state index contributed by atoms with van der Waals surface area (Å²) in [5.74, 6) is 0.305. The van der Waals surface area contributed by atoms with Crippen molar-refractivity contribution in [3.63, 3.8) is 0 Å². The van der Waals surface area contributed by atoms with Crippen molar-refractivity contribution >= 4 is 5.91 Å². The molecule has 1 aromatic rings. The van der Waals surface area contributed by atoms with E-state index in [-0.39, 0.29) is 12.5 Å². The standard InChI is InChI=1S/C14H18N2O3/c1-3-16(7-8-17)14(18)11(2)19-13-6-4-5-12(9-13)10-15/h4-6,9,11,17H,3,7-8H2,1-2H3. The van der Waals surface area contributed by atoms with Crippen molar-refractivity contribution in [2.75, 3.05) is 19.7 Å². The number of amides is 1. The zero-order chi connectivity index (χ0) is 14.3. The highest BCUT2D eigenvalue weighted by Gasteiger charge is 2.20. The van der Waals surface area contributed by atoms with Gasteiger partial charge < -0.3 is 14.7 Å². The van der Waals surface area contributed by atoms with Gasteiger partial charge in [0.1, 0.15) is 5.75 Å². The van der Waals surface area contributed by atoms with E-state index in [1.165, 1.54) is 4.90 Å². The molecule has 1 unspecified atom stereocenters. The van der Waals surface area contributed by atoms with Gasteiger partial charge in [0.15, 0.2) is 6.10 Å². The highest BCUT2D eigenvalue weighted by molar-refractivity contribution is 5.80. The van der Waals surface area contributed by atoms with Crippen molar-refractivity contribution in [1.82, 2.24) is 4.90 Å². The van der Waals surface area contributed by atoms with Crippen LogP contribution >= 0.6 is 0 Å². The summed E-state index contributed by atoms with van der Waals surface area (Å²) in [4.78, 5) is 13.6. The average Bonchev–Trinajstić information content (AvgIpc) is 2.44. The van der Waals surface area contributed by atoms with Crippen LogP contribution in [0.4, 0.5) is 0 Å². The molecular formula is C14H18N2O3. The first-order chi connectivity index (χ1) is 9.12. The van der Waals surface area contributed by atoms with Gasteiger partial charge in [-0.3, -0.25) is 4.79 Å². The minimum absolute atomic E-state index is 0.0732. The van der Waals surface area contributed by atoms with Crippen molar-refractivity contribution in [2.45, 2.75) is 20.0 Å². The first kappa shape index (κ1) is 15.0. The highest BCUT2D eigenvalue weighted by Crippen LogP contribution is 2.15. The van der Waals surface area contributed by atoms with E-state index in [9.17, 15) is 4.79 Å². The molecule has 0 saturated carbocycles. The van der Waals surface area contributed by atoms with E-state index < -0.39 is 6.10 Å². The molecule has 102 valence electrons. The van der Waals surface area contributed by atoms with E-state index in [0.717, 1.165) is 0 Å². The summed E-state index contributed by atoms with van der Waals surface area (Å²) < 4.78 is 5.52. The molecule has 0 heterocycles. The lowest BCUT2D eigenvalue weighted by Gasteiger charge is -2.24. The number of carbonyl (C=O) groups is 1. The van der Waals surface area contributed by atoms with Crippen molar-refractivity contribution in [3.8, 4) is 11.8 Å². The van der Waals surface area contributed by atoms with Crippen LogP contribution in [0.2, 0.25) is 0 Å². The Morgan fingerprint density at radius 2 is 2.32 bits per heavy atom. The topological polar surface area (TPSA) is 73.6 Å². The lowest BCUT2D eigenvalue weighted by molar-refractivity contribution is -0.138. The number of aliphatic hydroxyl groups excluding tert-OH is 1. The fourth-order valence-electron chi connectivity index (χ4n) is 1.70. The number of nitrogens with zero attached hydrogens (tertiary/aromatic N) is 2. The zero-order valence-corrected chi connectivity index (χ0v) is 11.2. The Morgan fingerprint density at radius 3 is 2.89 bits per heavy atom. The van der Waals surface area contributed by atoms with Gasteiger partial charge in [0, 0.05) is 13.1 Å². The predicted octanol–water partition coefficient (Wildman–Crippen LogP) is 1.17. The summed E-state index contributed by atoms with van der Waals surface area (Å²) in [6.45, 7) is 4.24. The molecule has 1 N–H and O–H groups in total. The van der Waals surface area contributed by atoms with Crippen LogP contribution in [-0.2, 0) is 4.79 Å². The maximum atomic E-state index is 12.0. The maximum Gasteiger partial charge on any atom is 0.263 e.